The normalized spacial score (nSPS) is 11.1. The van der Waals surface area contributed by atoms with Gasteiger partial charge < -0.3 is 15.4 Å². The molecule has 2 amide bonds. The van der Waals surface area contributed by atoms with Crippen LogP contribution in [0.1, 0.15) is 30.4 Å². The third kappa shape index (κ3) is 7.91. The Morgan fingerprint density at radius 3 is 2.24 bits per heavy atom. The summed E-state index contributed by atoms with van der Waals surface area (Å²) < 4.78 is 41.5. The Balaban J connectivity index is 2.11. The lowest BCUT2D eigenvalue weighted by atomic mass is 10.1. The quantitative estimate of drug-likeness (QED) is 0.666. The first-order chi connectivity index (χ1) is 11.7. The smallest absolute Gasteiger partial charge is 0.471 e. The number of rotatable bonds is 9. The van der Waals surface area contributed by atoms with Crippen molar-refractivity contribution >= 4 is 11.8 Å². The number of carbonyl (C=O) groups is 2. The standard InChI is InChI=1S/C17H23F3N2O3/c1-12-6-3-7-13(2)15(12)25-11-4-8-14(23)21-9-5-10-22-16(24)17(18,19)20/h3,6-7H,4-5,8-11H2,1-2H3,(H,21,23)(H,22,24). The molecule has 0 aromatic heterocycles. The van der Waals surface area contributed by atoms with Crippen molar-refractivity contribution < 1.29 is 27.5 Å². The van der Waals surface area contributed by atoms with Crippen LogP contribution in [0.2, 0.25) is 0 Å². The number of benzene rings is 1. The minimum atomic E-state index is -4.88. The SMILES string of the molecule is Cc1cccc(C)c1OCCCC(=O)NCCCNC(=O)C(F)(F)F. The van der Waals surface area contributed by atoms with Crippen molar-refractivity contribution in [2.24, 2.45) is 0 Å². The summed E-state index contributed by atoms with van der Waals surface area (Å²) in [7, 11) is 0. The number of aryl methyl sites for hydroxylation is 2. The molecule has 8 heteroatoms. The number of nitrogens with one attached hydrogen (secondary N) is 2. The fourth-order valence-electron chi connectivity index (χ4n) is 2.14. The Labute approximate surface area is 144 Å². The van der Waals surface area contributed by atoms with Gasteiger partial charge in [0.05, 0.1) is 6.61 Å². The van der Waals surface area contributed by atoms with Crippen LogP contribution in [0.15, 0.2) is 18.2 Å². The summed E-state index contributed by atoms with van der Waals surface area (Å²) in [4.78, 5) is 22.2. The highest BCUT2D eigenvalue weighted by Gasteiger charge is 2.38. The summed E-state index contributed by atoms with van der Waals surface area (Å²) in [6, 6.07) is 5.85. The van der Waals surface area contributed by atoms with Crippen LogP contribution >= 0.6 is 0 Å². The highest BCUT2D eigenvalue weighted by molar-refractivity contribution is 5.81. The summed E-state index contributed by atoms with van der Waals surface area (Å²) >= 11 is 0. The van der Waals surface area contributed by atoms with Gasteiger partial charge in [-0.3, -0.25) is 9.59 Å². The number of carbonyl (C=O) groups excluding carboxylic acids is 2. The highest BCUT2D eigenvalue weighted by Crippen LogP contribution is 2.22. The van der Waals surface area contributed by atoms with E-state index in [1.807, 2.05) is 32.0 Å². The molecule has 2 N–H and O–H groups in total. The van der Waals surface area contributed by atoms with Crippen molar-refractivity contribution in [3.63, 3.8) is 0 Å². The van der Waals surface area contributed by atoms with Crippen molar-refractivity contribution in [2.75, 3.05) is 19.7 Å². The highest BCUT2D eigenvalue weighted by atomic mass is 19.4. The molecule has 0 aliphatic rings. The fraction of sp³-hybridized carbons (Fsp3) is 0.529. The largest absolute Gasteiger partial charge is 0.493 e. The van der Waals surface area contributed by atoms with E-state index < -0.39 is 12.1 Å². The predicted octanol–water partition coefficient (Wildman–Crippen LogP) is 2.65. The fourth-order valence-corrected chi connectivity index (χ4v) is 2.14. The molecule has 25 heavy (non-hydrogen) atoms. The minimum absolute atomic E-state index is 0.145. The number of para-hydroxylation sites is 1. The van der Waals surface area contributed by atoms with Crippen molar-refractivity contribution in [1.29, 1.82) is 0 Å². The van der Waals surface area contributed by atoms with Crippen molar-refractivity contribution in [2.45, 2.75) is 39.3 Å². The molecule has 0 radical (unpaired) electrons. The third-order valence-corrected chi connectivity index (χ3v) is 3.42. The van der Waals surface area contributed by atoms with Gasteiger partial charge in [-0.05, 0) is 37.8 Å². The second kappa shape index (κ2) is 9.90. The second-order valence-corrected chi connectivity index (χ2v) is 5.63. The van der Waals surface area contributed by atoms with Gasteiger partial charge in [-0.15, -0.1) is 0 Å². The third-order valence-electron chi connectivity index (χ3n) is 3.42. The predicted molar refractivity (Wildman–Crippen MR) is 87.3 cm³/mol. The summed E-state index contributed by atoms with van der Waals surface area (Å²) in [6.45, 7) is 4.36. The zero-order valence-corrected chi connectivity index (χ0v) is 14.3. The summed E-state index contributed by atoms with van der Waals surface area (Å²) in [5.74, 6) is -1.35. The number of ether oxygens (including phenoxy) is 1. The van der Waals surface area contributed by atoms with E-state index in [1.54, 1.807) is 5.32 Å². The summed E-state index contributed by atoms with van der Waals surface area (Å²) in [5.41, 5.74) is 2.07. The lowest BCUT2D eigenvalue weighted by Gasteiger charge is -2.12. The maximum atomic E-state index is 11.9. The zero-order valence-electron chi connectivity index (χ0n) is 14.3. The second-order valence-electron chi connectivity index (χ2n) is 5.63. The Kier molecular flexibility index (Phi) is 8.24. The molecule has 5 nitrogen and oxygen atoms in total. The molecular formula is C17H23F3N2O3. The van der Waals surface area contributed by atoms with E-state index >= 15 is 0 Å². The van der Waals surface area contributed by atoms with Crippen LogP contribution in [0.25, 0.3) is 0 Å². The number of amides is 2. The maximum absolute atomic E-state index is 11.9. The first-order valence-corrected chi connectivity index (χ1v) is 8.02. The van der Waals surface area contributed by atoms with Gasteiger partial charge in [0, 0.05) is 19.5 Å². The number of hydrogen-bond donors (Lipinski definition) is 2. The van der Waals surface area contributed by atoms with Gasteiger partial charge in [0.2, 0.25) is 5.91 Å². The van der Waals surface area contributed by atoms with E-state index in [-0.39, 0.29) is 31.8 Å². The van der Waals surface area contributed by atoms with E-state index in [2.05, 4.69) is 5.32 Å². The molecule has 1 aromatic carbocycles. The molecular weight excluding hydrogens is 337 g/mol. The average Bonchev–Trinajstić information content (AvgIpc) is 2.52. The molecule has 0 fully saturated rings. The maximum Gasteiger partial charge on any atom is 0.471 e. The van der Waals surface area contributed by atoms with Gasteiger partial charge in [0.15, 0.2) is 0 Å². The van der Waals surface area contributed by atoms with E-state index in [0.29, 0.717) is 13.0 Å². The summed E-state index contributed by atoms with van der Waals surface area (Å²) in [6.07, 6.45) is -3.85. The van der Waals surface area contributed by atoms with Gasteiger partial charge >= 0.3 is 12.1 Å². The summed E-state index contributed by atoms with van der Waals surface area (Å²) in [5, 5.41) is 4.33. The van der Waals surface area contributed by atoms with Crippen LogP contribution in [0.3, 0.4) is 0 Å². The van der Waals surface area contributed by atoms with Crippen LogP contribution in [-0.4, -0.2) is 37.7 Å². The number of hydrogen-bond acceptors (Lipinski definition) is 3. The van der Waals surface area contributed by atoms with Gasteiger partial charge in [-0.1, -0.05) is 18.2 Å². The molecule has 1 aromatic rings. The number of alkyl halides is 3. The van der Waals surface area contributed by atoms with Crippen LogP contribution in [0.5, 0.6) is 5.75 Å². The topological polar surface area (TPSA) is 67.4 Å². The molecule has 0 atom stereocenters. The molecule has 0 heterocycles. The van der Waals surface area contributed by atoms with Gasteiger partial charge in [-0.25, -0.2) is 0 Å². The van der Waals surface area contributed by atoms with Crippen molar-refractivity contribution in [3.05, 3.63) is 29.3 Å². The first kappa shape index (κ1) is 20.8. The van der Waals surface area contributed by atoms with Crippen molar-refractivity contribution in [1.82, 2.24) is 10.6 Å². The van der Waals surface area contributed by atoms with Gasteiger partial charge in [0.1, 0.15) is 5.75 Å². The Morgan fingerprint density at radius 2 is 1.64 bits per heavy atom. The van der Waals surface area contributed by atoms with Crippen LogP contribution in [0, 0.1) is 13.8 Å². The molecule has 0 saturated heterocycles. The van der Waals surface area contributed by atoms with Crippen LogP contribution in [0.4, 0.5) is 13.2 Å². The van der Waals surface area contributed by atoms with Crippen LogP contribution in [-0.2, 0) is 9.59 Å². The van der Waals surface area contributed by atoms with Gasteiger partial charge in [-0.2, -0.15) is 13.2 Å². The lowest BCUT2D eigenvalue weighted by molar-refractivity contribution is -0.173. The number of halogens is 3. The lowest BCUT2D eigenvalue weighted by Crippen LogP contribution is -2.38. The van der Waals surface area contributed by atoms with Gasteiger partial charge in [0.25, 0.3) is 0 Å². The molecule has 0 aliphatic heterocycles. The van der Waals surface area contributed by atoms with E-state index in [4.69, 9.17) is 4.74 Å². The Hall–Kier alpha value is -2.25. The van der Waals surface area contributed by atoms with E-state index in [0.717, 1.165) is 16.9 Å². The zero-order chi connectivity index (χ0) is 18.9. The monoisotopic (exact) mass is 360 g/mol. The van der Waals surface area contributed by atoms with Crippen LogP contribution < -0.4 is 15.4 Å². The Morgan fingerprint density at radius 1 is 1.04 bits per heavy atom. The molecule has 0 aliphatic carbocycles. The molecule has 0 spiro atoms. The van der Waals surface area contributed by atoms with Crippen molar-refractivity contribution in [3.8, 4) is 5.75 Å². The molecule has 0 saturated carbocycles. The first-order valence-electron chi connectivity index (χ1n) is 8.02. The molecule has 0 bridgehead atoms. The van der Waals surface area contributed by atoms with E-state index in [9.17, 15) is 22.8 Å². The minimum Gasteiger partial charge on any atom is -0.493 e. The van der Waals surface area contributed by atoms with E-state index in [1.165, 1.54) is 0 Å². The molecule has 1 rings (SSSR count). The Bertz CT molecular complexity index is 569. The molecule has 140 valence electrons. The molecule has 0 unspecified atom stereocenters. The average molecular weight is 360 g/mol.